The van der Waals surface area contributed by atoms with Crippen molar-refractivity contribution in [3.05, 3.63) is 72.6 Å². The van der Waals surface area contributed by atoms with Gasteiger partial charge in [0, 0.05) is 24.0 Å². The Kier molecular flexibility index (Phi) is 5.43. The molecule has 2 aromatic heterocycles. The number of carbonyl (C=O) groups excluding carboxylic acids is 1. The lowest BCUT2D eigenvalue weighted by Gasteiger charge is -2.11. The lowest BCUT2D eigenvalue weighted by molar-refractivity contribution is -0.107. The third-order valence-electron chi connectivity index (χ3n) is 5.29. The van der Waals surface area contributed by atoms with Crippen LogP contribution in [-0.2, 0) is 21.5 Å². The van der Waals surface area contributed by atoms with Crippen LogP contribution in [-0.4, -0.2) is 35.8 Å². The minimum absolute atomic E-state index is 0.0366. The van der Waals surface area contributed by atoms with Crippen molar-refractivity contribution in [2.45, 2.75) is 30.3 Å². The molecule has 9 nitrogen and oxygen atoms in total. The average Bonchev–Trinajstić information content (AvgIpc) is 3.57. The fraction of sp³-hybridized carbons (Fsp3) is 0.174. The van der Waals surface area contributed by atoms with Gasteiger partial charge in [-0.1, -0.05) is 6.07 Å². The van der Waals surface area contributed by atoms with Gasteiger partial charge in [0.05, 0.1) is 23.3 Å². The Labute approximate surface area is 190 Å². The Morgan fingerprint density at radius 2 is 1.94 bits per heavy atom. The van der Waals surface area contributed by atoms with Crippen LogP contribution in [0.3, 0.4) is 0 Å². The van der Waals surface area contributed by atoms with Gasteiger partial charge < -0.3 is 14.5 Å². The van der Waals surface area contributed by atoms with E-state index in [0.29, 0.717) is 23.5 Å². The summed E-state index contributed by atoms with van der Waals surface area (Å²) in [6.45, 7) is 0.525. The van der Waals surface area contributed by atoms with Crippen molar-refractivity contribution in [1.29, 1.82) is 0 Å². The summed E-state index contributed by atoms with van der Waals surface area (Å²) in [6.07, 6.45) is 4.36. The largest absolute Gasteiger partial charge is 0.379 e. The summed E-state index contributed by atoms with van der Waals surface area (Å²) in [5.74, 6) is 0.582. The van der Waals surface area contributed by atoms with Crippen LogP contribution < -0.4 is 14.4 Å². The number of nitrogens with one attached hydrogen (secondary N) is 2. The molecule has 1 saturated carbocycles. The molecule has 33 heavy (non-hydrogen) atoms. The number of pyridine rings is 1. The van der Waals surface area contributed by atoms with Crippen molar-refractivity contribution in [2.75, 3.05) is 10.2 Å². The fourth-order valence-electron chi connectivity index (χ4n) is 3.42. The number of amides is 1. The van der Waals surface area contributed by atoms with E-state index in [9.17, 15) is 13.2 Å². The van der Waals surface area contributed by atoms with Gasteiger partial charge in [0.1, 0.15) is 10.6 Å². The zero-order valence-electron chi connectivity index (χ0n) is 17.5. The number of imidazole rings is 1. The van der Waals surface area contributed by atoms with Gasteiger partial charge >= 0.3 is 10.1 Å². The van der Waals surface area contributed by atoms with Crippen molar-refractivity contribution in [3.63, 3.8) is 0 Å². The maximum absolute atomic E-state index is 12.8. The molecule has 5 rings (SSSR count). The molecule has 2 N–H and O–H groups in total. The van der Waals surface area contributed by atoms with Gasteiger partial charge in [0.15, 0.2) is 0 Å². The molecule has 0 atom stereocenters. The van der Waals surface area contributed by atoms with Crippen molar-refractivity contribution in [1.82, 2.24) is 15.0 Å². The van der Waals surface area contributed by atoms with E-state index in [1.54, 1.807) is 35.4 Å². The first-order valence-corrected chi connectivity index (χ1v) is 11.8. The maximum atomic E-state index is 12.8. The highest BCUT2D eigenvalue weighted by atomic mass is 32.2. The van der Waals surface area contributed by atoms with E-state index in [1.807, 2.05) is 18.2 Å². The second-order valence-electron chi connectivity index (χ2n) is 7.72. The highest BCUT2D eigenvalue weighted by Crippen LogP contribution is 2.31. The topological polar surface area (TPSA) is 117 Å². The number of fused-ring (bicyclic) bond motifs is 1. The van der Waals surface area contributed by atoms with Crippen LogP contribution in [0.2, 0.25) is 0 Å². The van der Waals surface area contributed by atoms with E-state index in [-0.39, 0.29) is 16.7 Å². The number of anilines is 2. The highest BCUT2D eigenvalue weighted by molar-refractivity contribution is 7.87. The SMILES string of the molecule is O=CN(c1nc2cc(OS(=O)(=O)c3ccc(NCc4ccccn4)cc3)ccc2[nH]1)C1CC1. The van der Waals surface area contributed by atoms with Gasteiger partial charge in [-0.15, -0.1) is 0 Å². The third-order valence-corrected chi connectivity index (χ3v) is 6.55. The number of hydrogen-bond acceptors (Lipinski definition) is 7. The summed E-state index contributed by atoms with van der Waals surface area (Å²) in [4.78, 5) is 24.7. The van der Waals surface area contributed by atoms with Gasteiger partial charge in [-0.25, -0.2) is 4.98 Å². The van der Waals surface area contributed by atoms with E-state index in [4.69, 9.17) is 4.18 Å². The Hall–Kier alpha value is -3.92. The first-order valence-electron chi connectivity index (χ1n) is 10.4. The number of rotatable bonds is 9. The van der Waals surface area contributed by atoms with Gasteiger partial charge in [-0.3, -0.25) is 14.7 Å². The number of hydrogen-bond donors (Lipinski definition) is 2. The summed E-state index contributed by atoms with van der Waals surface area (Å²) in [6, 6.07) is 16.9. The van der Waals surface area contributed by atoms with Crippen molar-refractivity contribution >= 4 is 39.2 Å². The number of H-pyrrole nitrogens is 1. The molecule has 10 heteroatoms. The average molecular weight is 464 g/mol. The molecular formula is C23H21N5O4S. The van der Waals surface area contributed by atoms with E-state index < -0.39 is 10.1 Å². The van der Waals surface area contributed by atoms with Crippen molar-refractivity contribution < 1.29 is 17.4 Å². The molecule has 0 radical (unpaired) electrons. The Morgan fingerprint density at radius 1 is 1.12 bits per heavy atom. The molecule has 1 fully saturated rings. The van der Waals surface area contributed by atoms with Crippen molar-refractivity contribution in [2.24, 2.45) is 0 Å². The van der Waals surface area contributed by atoms with Crippen LogP contribution in [0, 0.1) is 0 Å². The van der Waals surface area contributed by atoms with Crippen LogP contribution in [0.5, 0.6) is 5.75 Å². The minimum atomic E-state index is -4.03. The minimum Gasteiger partial charge on any atom is -0.379 e. The Morgan fingerprint density at radius 3 is 2.64 bits per heavy atom. The molecular weight excluding hydrogens is 442 g/mol. The molecule has 2 heterocycles. The lowest BCUT2D eigenvalue weighted by atomic mass is 10.3. The number of carbonyl (C=O) groups is 1. The second kappa shape index (κ2) is 8.55. The van der Waals surface area contributed by atoms with Crippen LogP contribution >= 0.6 is 0 Å². The van der Waals surface area contributed by atoms with Crippen LogP contribution in [0.1, 0.15) is 18.5 Å². The van der Waals surface area contributed by atoms with E-state index >= 15 is 0 Å². The van der Waals surface area contributed by atoms with Crippen LogP contribution in [0.25, 0.3) is 11.0 Å². The molecule has 0 aliphatic heterocycles. The summed E-state index contributed by atoms with van der Waals surface area (Å²) in [7, 11) is -4.03. The second-order valence-corrected chi connectivity index (χ2v) is 9.27. The fourth-order valence-corrected chi connectivity index (χ4v) is 4.34. The molecule has 1 aliphatic rings. The van der Waals surface area contributed by atoms with Crippen LogP contribution in [0.15, 0.2) is 71.8 Å². The first-order chi connectivity index (χ1) is 16.0. The van der Waals surface area contributed by atoms with E-state index in [0.717, 1.165) is 30.6 Å². The normalized spacial score (nSPS) is 13.6. The maximum Gasteiger partial charge on any atom is 0.339 e. The summed E-state index contributed by atoms with van der Waals surface area (Å²) >= 11 is 0. The van der Waals surface area contributed by atoms with Gasteiger partial charge in [0.2, 0.25) is 12.4 Å². The summed E-state index contributed by atoms with van der Waals surface area (Å²) in [5, 5.41) is 3.20. The molecule has 0 bridgehead atoms. The predicted octanol–water partition coefficient (Wildman–Crippen LogP) is 3.46. The smallest absolute Gasteiger partial charge is 0.339 e. The first kappa shape index (κ1) is 21.0. The number of benzene rings is 2. The molecule has 168 valence electrons. The van der Waals surface area contributed by atoms with E-state index in [1.165, 1.54) is 18.2 Å². The third kappa shape index (κ3) is 4.65. The predicted molar refractivity (Wildman–Crippen MR) is 123 cm³/mol. The van der Waals surface area contributed by atoms with Gasteiger partial charge in [-0.2, -0.15) is 8.42 Å². The number of aromatic nitrogens is 3. The summed E-state index contributed by atoms with van der Waals surface area (Å²) < 4.78 is 30.8. The Balaban J connectivity index is 1.29. The molecule has 0 saturated heterocycles. The standard InChI is InChI=1S/C23H21N5O4S/c29-15-28(18-6-7-18)23-26-21-11-8-19(13-22(21)27-23)32-33(30,31)20-9-4-16(5-10-20)25-14-17-3-1-2-12-24-17/h1-5,8-13,15,18,25H,6-7,14H2,(H,26,27). The van der Waals surface area contributed by atoms with Gasteiger partial charge in [0.25, 0.3) is 0 Å². The quantitative estimate of drug-likeness (QED) is 0.288. The zero-order chi connectivity index (χ0) is 22.8. The Bertz CT molecular complexity index is 1380. The molecule has 1 amide bonds. The molecule has 0 unspecified atom stereocenters. The molecule has 2 aromatic carbocycles. The monoisotopic (exact) mass is 463 g/mol. The number of aromatic amines is 1. The van der Waals surface area contributed by atoms with Crippen molar-refractivity contribution in [3.8, 4) is 5.75 Å². The number of nitrogens with zero attached hydrogens (tertiary/aromatic N) is 3. The molecule has 1 aliphatic carbocycles. The van der Waals surface area contributed by atoms with Crippen LogP contribution in [0.4, 0.5) is 11.6 Å². The molecule has 0 spiro atoms. The lowest BCUT2D eigenvalue weighted by Crippen LogP contribution is -2.24. The summed E-state index contributed by atoms with van der Waals surface area (Å²) in [5.41, 5.74) is 2.84. The van der Waals surface area contributed by atoms with E-state index in [2.05, 4.69) is 20.3 Å². The highest BCUT2D eigenvalue weighted by Gasteiger charge is 2.31. The zero-order valence-corrected chi connectivity index (χ0v) is 18.3. The van der Waals surface area contributed by atoms with Gasteiger partial charge in [-0.05, 0) is 61.4 Å². The molecule has 4 aromatic rings.